The van der Waals surface area contributed by atoms with Crippen LogP contribution in [0, 0.1) is 17.0 Å². The van der Waals surface area contributed by atoms with Crippen molar-refractivity contribution in [3.8, 4) is 0 Å². The van der Waals surface area contributed by atoms with Crippen molar-refractivity contribution in [1.29, 1.82) is 0 Å². The van der Waals surface area contributed by atoms with Crippen LogP contribution in [-0.2, 0) is 6.42 Å². The maximum atomic E-state index is 10.5. The molecule has 0 N–H and O–H groups in total. The third kappa shape index (κ3) is 4.10. The van der Waals surface area contributed by atoms with Crippen LogP contribution in [0.15, 0.2) is 58.3 Å². The average molecular weight is 273 g/mol. The first-order valence-electron chi connectivity index (χ1n) is 6.09. The van der Waals surface area contributed by atoms with Crippen molar-refractivity contribution < 1.29 is 4.92 Å². The van der Waals surface area contributed by atoms with Crippen LogP contribution in [0.5, 0.6) is 0 Å². The van der Waals surface area contributed by atoms with Crippen LogP contribution in [0.1, 0.15) is 11.1 Å². The van der Waals surface area contributed by atoms with E-state index in [0.29, 0.717) is 6.42 Å². The second-order valence-corrected chi connectivity index (χ2v) is 5.44. The second-order valence-electron chi connectivity index (χ2n) is 4.33. The van der Waals surface area contributed by atoms with E-state index in [-0.39, 0.29) is 11.5 Å². The molecule has 98 valence electrons. The van der Waals surface area contributed by atoms with Crippen molar-refractivity contribution in [1.82, 2.24) is 0 Å². The lowest BCUT2D eigenvalue weighted by Crippen LogP contribution is -2.04. The van der Waals surface area contributed by atoms with Gasteiger partial charge in [-0.05, 0) is 30.7 Å². The number of aryl methyl sites for hydroxylation is 1. The van der Waals surface area contributed by atoms with Gasteiger partial charge in [-0.15, -0.1) is 0 Å². The molecule has 19 heavy (non-hydrogen) atoms. The molecule has 0 saturated carbocycles. The zero-order valence-electron chi connectivity index (χ0n) is 10.7. The van der Waals surface area contributed by atoms with Crippen LogP contribution in [0.2, 0.25) is 0 Å². The van der Waals surface area contributed by atoms with Crippen molar-refractivity contribution in [2.75, 3.05) is 6.54 Å². The Morgan fingerprint density at radius 1 is 1.11 bits per heavy atom. The van der Waals surface area contributed by atoms with Crippen LogP contribution in [0.4, 0.5) is 0 Å². The molecule has 0 atom stereocenters. The Balaban J connectivity index is 2.15. The normalized spacial score (nSPS) is 10.4. The number of benzene rings is 2. The number of rotatable bonds is 5. The summed E-state index contributed by atoms with van der Waals surface area (Å²) >= 11 is 1.65. The van der Waals surface area contributed by atoms with E-state index in [4.69, 9.17) is 0 Å². The first kappa shape index (κ1) is 13.6. The van der Waals surface area contributed by atoms with E-state index in [0.717, 1.165) is 15.4 Å². The molecule has 0 radical (unpaired) electrons. The minimum Gasteiger partial charge on any atom is -0.265 e. The van der Waals surface area contributed by atoms with Gasteiger partial charge in [0.05, 0.1) is 0 Å². The van der Waals surface area contributed by atoms with Crippen molar-refractivity contribution >= 4 is 11.8 Å². The van der Waals surface area contributed by atoms with Gasteiger partial charge in [0.15, 0.2) is 0 Å². The van der Waals surface area contributed by atoms with E-state index in [1.807, 2.05) is 24.3 Å². The maximum absolute atomic E-state index is 10.5. The van der Waals surface area contributed by atoms with Gasteiger partial charge in [0, 0.05) is 21.1 Å². The molecule has 0 amide bonds. The standard InChI is InChI=1S/C15H15NO2S/c1-12-6-8-14(9-7-12)19-15-5-3-2-4-13(15)10-11-16(17)18/h2-9H,10-11H2,1H3. The summed E-state index contributed by atoms with van der Waals surface area (Å²) in [5.41, 5.74) is 2.26. The van der Waals surface area contributed by atoms with E-state index in [1.54, 1.807) is 11.8 Å². The van der Waals surface area contributed by atoms with Gasteiger partial charge in [-0.3, -0.25) is 10.1 Å². The molecule has 0 fully saturated rings. The van der Waals surface area contributed by atoms with Gasteiger partial charge in [0.2, 0.25) is 6.54 Å². The van der Waals surface area contributed by atoms with E-state index in [1.165, 1.54) is 5.56 Å². The molecule has 0 aliphatic carbocycles. The Morgan fingerprint density at radius 2 is 1.79 bits per heavy atom. The van der Waals surface area contributed by atoms with Crippen LogP contribution in [0.25, 0.3) is 0 Å². The highest BCUT2D eigenvalue weighted by Crippen LogP contribution is 2.30. The number of nitro groups is 1. The highest BCUT2D eigenvalue weighted by atomic mass is 32.2. The molecule has 0 aliphatic heterocycles. The molecule has 0 heterocycles. The average Bonchev–Trinajstić information content (AvgIpc) is 2.40. The van der Waals surface area contributed by atoms with Gasteiger partial charge in [0.25, 0.3) is 0 Å². The van der Waals surface area contributed by atoms with Crippen molar-refractivity contribution in [3.05, 3.63) is 69.8 Å². The summed E-state index contributed by atoms with van der Waals surface area (Å²) in [6, 6.07) is 16.2. The molecule has 0 aliphatic rings. The van der Waals surface area contributed by atoms with Gasteiger partial charge in [-0.2, -0.15) is 0 Å². The van der Waals surface area contributed by atoms with Crippen LogP contribution >= 0.6 is 11.8 Å². The molecule has 2 aromatic carbocycles. The predicted octanol–water partition coefficient (Wildman–Crippen LogP) is 3.97. The predicted molar refractivity (Wildman–Crippen MR) is 77.3 cm³/mol. The van der Waals surface area contributed by atoms with Crippen LogP contribution < -0.4 is 0 Å². The van der Waals surface area contributed by atoms with E-state index < -0.39 is 0 Å². The molecule has 3 nitrogen and oxygen atoms in total. The molecule has 0 aromatic heterocycles. The summed E-state index contributed by atoms with van der Waals surface area (Å²) in [6.45, 7) is 2.03. The topological polar surface area (TPSA) is 43.1 Å². The van der Waals surface area contributed by atoms with Gasteiger partial charge in [-0.25, -0.2) is 0 Å². The molecule has 4 heteroatoms. The van der Waals surface area contributed by atoms with Gasteiger partial charge in [-0.1, -0.05) is 47.7 Å². The highest BCUT2D eigenvalue weighted by Gasteiger charge is 2.07. The summed E-state index contributed by atoms with van der Waals surface area (Å²) in [5, 5.41) is 10.5. The van der Waals surface area contributed by atoms with Crippen molar-refractivity contribution in [3.63, 3.8) is 0 Å². The zero-order valence-corrected chi connectivity index (χ0v) is 11.5. The molecule has 0 bridgehead atoms. The summed E-state index contributed by atoms with van der Waals surface area (Å²) in [4.78, 5) is 12.5. The van der Waals surface area contributed by atoms with E-state index in [2.05, 4.69) is 31.2 Å². The van der Waals surface area contributed by atoms with E-state index >= 15 is 0 Å². The Morgan fingerprint density at radius 3 is 2.47 bits per heavy atom. The molecular weight excluding hydrogens is 258 g/mol. The summed E-state index contributed by atoms with van der Waals surface area (Å²) in [6.07, 6.45) is 0.474. The minimum absolute atomic E-state index is 0.0224. The largest absolute Gasteiger partial charge is 0.265 e. The maximum Gasteiger partial charge on any atom is 0.207 e. The molecular formula is C15H15NO2S. The first-order valence-corrected chi connectivity index (χ1v) is 6.91. The quantitative estimate of drug-likeness (QED) is 0.611. The fourth-order valence-electron chi connectivity index (χ4n) is 1.75. The lowest BCUT2D eigenvalue weighted by atomic mass is 10.1. The fourth-order valence-corrected chi connectivity index (χ4v) is 2.73. The zero-order chi connectivity index (χ0) is 13.7. The molecule has 2 rings (SSSR count). The van der Waals surface area contributed by atoms with E-state index in [9.17, 15) is 10.1 Å². The molecule has 0 unspecified atom stereocenters. The summed E-state index contributed by atoms with van der Waals surface area (Å²) in [5.74, 6) is 0. The SMILES string of the molecule is Cc1ccc(Sc2ccccc2CC[N+](=O)[O-])cc1. The first-order chi connectivity index (χ1) is 9.15. The monoisotopic (exact) mass is 273 g/mol. The molecule has 0 saturated heterocycles. The third-order valence-corrected chi connectivity index (χ3v) is 3.91. The minimum atomic E-state index is -0.271. The third-order valence-electron chi connectivity index (χ3n) is 2.79. The van der Waals surface area contributed by atoms with Crippen LogP contribution in [0.3, 0.4) is 0 Å². The fraction of sp³-hybridized carbons (Fsp3) is 0.200. The lowest BCUT2D eigenvalue weighted by molar-refractivity contribution is -0.479. The molecule has 2 aromatic rings. The van der Waals surface area contributed by atoms with Crippen LogP contribution in [-0.4, -0.2) is 11.5 Å². The number of hydrogen-bond donors (Lipinski definition) is 0. The van der Waals surface area contributed by atoms with Gasteiger partial charge < -0.3 is 0 Å². The Labute approximate surface area is 116 Å². The Hall–Kier alpha value is -1.81. The smallest absolute Gasteiger partial charge is 0.207 e. The lowest BCUT2D eigenvalue weighted by Gasteiger charge is -2.07. The van der Waals surface area contributed by atoms with Crippen molar-refractivity contribution in [2.45, 2.75) is 23.1 Å². The molecule has 0 spiro atoms. The van der Waals surface area contributed by atoms with Crippen molar-refractivity contribution in [2.24, 2.45) is 0 Å². The van der Waals surface area contributed by atoms with Gasteiger partial charge in [0.1, 0.15) is 0 Å². The van der Waals surface area contributed by atoms with Gasteiger partial charge >= 0.3 is 0 Å². The summed E-state index contributed by atoms with van der Waals surface area (Å²) < 4.78 is 0. The Bertz CT molecular complexity index is 567. The second kappa shape index (κ2) is 6.38. The number of hydrogen-bond acceptors (Lipinski definition) is 3. The summed E-state index contributed by atoms with van der Waals surface area (Å²) in [7, 11) is 0. The Kier molecular flexibility index (Phi) is 4.58. The highest BCUT2D eigenvalue weighted by molar-refractivity contribution is 7.99. The number of nitrogens with zero attached hydrogens (tertiary/aromatic N) is 1.